The standard InChI is InChI=1S/C7H5N5/c1-2-12-3-5-6(10-4-9-5)11-7(12)8-1/h1-4H,(H,8,9,10,11). The van der Waals surface area contributed by atoms with E-state index < -0.39 is 0 Å². The van der Waals surface area contributed by atoms with Crippen LogP contribution in [0.3, 0.4) is 0 Å². The molecule has 0 fully saturated rings. The zero-order valence-electron chi connectivity index (χ0n) is 6.10. The van der Waals surface area contributed by atoms with Gasteiger partial charge in [0.25, 0.3) is 0 Å². The number of nitrogens with zero attached hydrogens (tertiary/aromatic N) is 4. The molecule has 0 saturated carbocycles. The Morgan fingerprint density at radius 2 is 2.33 bits per heavy atom. The number of aromatic amines is 1. The van der Waals surface area contributed by atoms with Crippen LogP contribution in [-0.4, -0.2) is 24.3 Å². The van der Waals surface area contributed by atoms with E-state index in [1.165, 1.54) is 0 Å². The smallest absolute Gasteiger partial charge is 0.235 e. The zero-order chi connectivity index (χ0) is 7.97. The Labute approximate surface area is 67.1 Å². The van der Waals surface area contributed by atoms with Crippen LogP contribution in [-0.2, 0) is 0 Å². The molecule has 5 heteroatoms. The Kier molecular flexibility index (Phi) is 0.864. The van der Waals surface area contributed by atoms with Crippen molar-refractivity contribution in [3.8, 4) is 0 Å². The molecule has 0 aromatic carbocycles. The molecule has 58 valence electrons. The first-order chi connectivity index (χ1) is 5.93. The van der Waals surface area contributed by atoms with Crippen LogP contribution in [0.1, 0.15) is 0 Å². The first kappa shape index (κ1) is 5.70. The minimum atomic E-state index is 0.676. The number of nitrogens with one attached hydrogen (secondary N) is 1. The average Bonchev–Trinajstić information content (AvgIpc) is 2.64. The lowest BCUT2D eigenvalue weighted by Crippen LogP contribution is -1.87. The molecule has 5 nitrogen and oxygen atoms in total. The molecule has 0 bridgehead atoms. The molecule has 3 rings (SSSR count). The van der Waals surface area contributed by atoms with Crippen LogP contribution in [0.5, 0.6) is 0 Å². The summed E-state index contributed by atoms with van der Waals surface area (Å²) in [5.74, 6) is 0.676. The SMILES string of the molecule is c1cn2cc3[nH]cnc3nc2n1. The van der Waals surface area contributed by atoms with Crippen molar-refractivity contribution in [2.75, 3.05) is 0 Å². The summed E-state index contributed by atoms with van der Waals surface area (Å²) in [7, 11) is 0. The molecule has 3 aromatic rings. The Morgan fingerprint density at radius 1 is 1.33 bits per heavy atom. The minimum Gasteiger partial charge on any atom is -0.342 e. The summed E-state index contributed by atoms with van der Waals surface area (Å²) < 4.78 is 1.85. The zero-order valence-corrected chi connectivity index (χ0v) is 6.10. The number of imidazole rings is 2. The molecule has 0 radical (unpaired) electrons. The first-order valence-electron chi connectivity index (χ1n) is 3.56. The summed E-state index contributed by atoms with van der Waals surface area (Å²) in [4.78, 5) is 15.3. The molecule has 0 spiro atoms. The maximum atomic E-state index is 4.21. The van der Waals surface area contributed by atoms with E-state index in [0.29, 0.717) is 11.4 Å². The van der Waals surface area contributed by atoms with Crippen molar-refractivity contribution >= 4 is 16.9 Å². The number of hydrogen-bond donors (Lipinski definition) is 1. The van der Waals surface area contributed by atoms with Crippen molar-refractivity contribution < 1.29 is 0 Å². The normalized spacial score (nSPS) is 11.3. The van der Waals surface area contributed by atoms with Crippen LogP contribution < -0.4 is 0 Å². The summed E-state index contributed by atoms with van der Waals surface area (Å²) in [6.07, 6.45) is 7.10. The van der Waals surface area contributed by atoms with E-state index in [9.17, 15) is 0 Å². The lowest BCUT2D eigenvalue weighted by atomic mass is 10.5. The number of H-pyrrole nitrogens is 1. The van der Waals surface area contributed by atoms with Crippen LogP contribution in [0.25, 0.3) is 16.9 Å². The maximum absolute atomic E-state index is 4.21. The van der Waals surface area contributed by atoms with E-state index in [1.54, 1.807) is 12.5 Å². The van der Waals surface area contributed by atoms with Gasteiger partial charge in [0.15, 0.2) is 5.65 Å². The van der Waals surface area contributed by atoms with E-state index in [-0.39, 0.29) is 0 Å². The van der Waals surface area contributed by atoms with Gasteiger partial charge in [0.2, 0.25) is 5.78 Å². The number of aromatic nitrogens is 5. The molecular formula is C7H5N5. The maximum Gasteiger partial charge on any atom is 0.235 e. The summed E-state index contributed by atoms with van der Waals surface area (Å²) in [5.41, 5.74) is 1.62. The Bertz CT molecular complexity index is 444. The third-order valence-corrected chi connectivity index (χ3v) is 1.77. The van der Waals surface area contributed by atoms with Crippen molar-refractivity contribution in [3.63, 3.8) is 0 Å². The number of fused-ring (bicyclic) bond motifs is 2. The Morgan fingerprint density at radius 3 is 3.33 bits per heavy atom. The third kappa shape index (κ3) is 0.597. The van der Waals surface area contributed by atoms with Crippen molar-refractivity contribution in [2.45, 2.75) is 0 Å². The highest BCUT2D eigenvalue weighted by atomic mass is 15.1. The third-order valence-electron chi connectivity index (χ3n) is 1.77. The number of rotatable bonds is 0. The van der Waals surface area contributed by atoms with E-state index in [0.717, 1.165) is 5.52 Å². The molecule has 3 aromatic heterocycles. The van der Waals surface area contributed by atoms with Crippen molar-refractivity contribution in [1.82, 2.24) is 24.3 Å². The van der Waals surface area contributed by atoms with Gasteiger partial charge in [0.1, 0.15) is 5.52 Å². The minimum absolute atomic E-state index is 0.676. The fraction of sp³-hybridized carbons (Fsp3) is 0. The fourth-order valence-corrected chi connectivity index (χ4v) is 1.21. The van der Waals surface area contributed by atoms with Gasteiger partial charge in [-0.15, -0.1) is 0 Å². The molecular weight excluding hydrogens is 154 g/mol. The summed E-state index contributed by atoms with van der Waals surface area (Å²) in [5, 5.41) is 0. The molecule has 3 heterocycles. The summed E-state index contributed by atoms with van der Waals surface area (Å²) in [6.45, 7) is 0. The predicted molar refractivity (Wildman–Crippen MR) is 42.6 cm³/mol. The topological polar surface area (TPSA) is 58.9 Å². The van der Waals surface area contributed by atoms with Gasteiger partial charge in [-0.25, -0.2) is 9.97 Å². The highest BCUT2D eigenvalue weighted by Crippen LogP contribution is 2.06. The highest BCUT2D eigenvalue weighted by Gasteiger charge is 2.00. The molecule has 0 amide bonds. The lowest BCUT2D eigenvalue weighted by molar-refractivity contribution is 1.13. The van der Waals surface area contributed by atoms with Crippen molar-refractivity contribution in [1.29, 1.82) is 0 Å². The lowest BCUT2D eigenvalue weighted by Gasteiger charge is -1.90. The first-order valence-corrected chi connectivity index (χ1v) is 3.56. The molecule has 0 unspecified atom stereocenters. The second-order valence-electron chi connectivity index (χ2n) is 2.52. The van der Waals surface area contributed by atoms with E-state index in [1.807, 2.05) is 16.8 Å². The molecule has 0 saturated heterocycles. The molecule has 0 aliphatic heterocycles. The van der Waals surface area contributed by atoms with Crippen LogP contribution in [0.15, 0.2) is 24.9 Å². The van der Waals surface area contributed by atoms with Gasteiger partial charge in [-0.2, -0.15) is 4.98 Å². The fourth-order valence-electron chi connectivity index (χ4n) is 1.21. The second-order valence-corrected chi connectivity index (χ2v) is 2.52. The van der Waals surface area contributed by atoms with Gasteiger partial charge in [-0.1, -0.05) is 0 Å². The molecule has 12 heavy (non-hydrogen) atoms. The van der Waals surface area contributed by atoms with Gasteiger partial charge >= 0.3 is 0 Å². The molecule has 0 aliphatic carbocycles. The van der Waals surface area contributed by atoms with Gasteiger partial charge in [-0.3, -0.25) is 4.40 Å². The van der Waals surface area contributed by atoms with Gasteiger partial charge in [0, 0.05) is 18.6 Å². The molecule has 1 N–H and O–H groups in total. The Balaban J connectivity index is 2.62. The quantitative estimate of drug-likeness (QED) is 0.522. The van der Waals surface area contributed by atoms with Crippen molar-refractivity contribution in [2.24, 2.45) is 0 Å². The molecule has 0 atom stereocenters. The average molecular weight is 159 g/mol. The summed E-state index contributed by atoms with van der Waals surface area (Å²) >= 11 is 0. The van der Waals surface area contributed by atoms with Crippen molar-refractivity contribution in [3.05, 3.63) is 24.9 Å². The van der Waals surface area contributed by atoms with Crippen LogP contribution in [0.4, 0.5) is 0 Å². The van der Waals surface area contributed by atoms with Crippen LogP contribution in [0.2, 0.25) is 0 Å². The van der Waals surface area contributed by atoms with Crippen LogP contribution in [0, 0.1) is 0 Å². The highest BCUT2D eigenvalue weighted by molar-refractivity contribution is 5.70. The largest absolute Gasteiger partial charge is 0.342 e. The van der Waals surface area contributed by atoms with E-state index in [4.69, 9.17) is 0 Å². The van der Waals surface area contributed by atoms with E-state index in [2.05, 4.69) is 19.9 Å². The number of hydrogen-bond acceptors (Lipinski definition) is 3. The van der Waals surface area contributed by atoms with Gasteiger partial charge < -0.3 is 4.98 Å². The van der Waals surface area contributed by atoms with Gasteiger partial charge in [-0.05, 0) is 0 Å². The second kappa shape index (κ2) is 1.82. The van der Waals surface area contributed by atoms with E-state index >= 15 is 0 Å². The molecule has 0 aliphatic rings. The Hall–Kier alpha value is -1.91. The summed E-state index contributed by atoms with van der Waals surface area (Å²) in [6, 6.07) is 0. The predicted octanol–water partition coefficient (Wildman–Crippen LogP) is 0.606. The van der Waals surface area contributed by atoms with Gasteiger partial charge in [0.05, 0.1) is 6.33 Å². The monoisotopic (exact) mass is 159 g/mol. The van der Waals surface area contributed by atoms with Crippen LogP contribution >= 0.6 is 0 Å².